The second kappa shape index (κ2) is 8.99. The van der Waals surface area contributed by atoms with Crippen molar-refractivity contribution in [3.63, 3.8) is 0 Å². The molecule has 1 aromatic heterocycles. The van der Waals surface area contributed by atoms with Crippen LogP contribution in [0.5, 0.6) is 11.5 Å². The van der Waals surface area contributed by atoms with Crippen LogP contribution in [-0.2, 0) is 16.1 Å². The Kier molecular flexibility index (Phi) is 6.13. The maximum Gasteiger partial charge on any atom is 0.338 e. The highest BCUT2D eigenvalue weighted by Gasteiger charge is 2.35. The first-order valence-electron chi connectivity index (χ1n) is 9.63. The monoisotopic (exact) mass is 502 g/mol. The van der Waals surface area contributed by atoms with Crippen molar-refractivity contribution in [2.75, 3.05) is 19.5 Å². The van der Waals surface area contributed by atoms with Gasteiger partial charge < -0.3 is 19.5 Å². The minimum absolute atomic E-state index is 0.0218. The zero-order valence-electron chi connectivity index (χ0n) is 17.6. The number of ether oxygens (including phenoxy) is 3. The van der Waals surface area contributed by atoms with Crippen molar-refractivity contribution in [2.45, 2.75) is 19.6 Å². The van der Waals surface area contributed by atoms with Gasteiger partial charge in [0.1, 0.15) is 24.8 Å². The van der Waals surface area contributed by atoms with Crippen molar-refractivity contribution in [1.82, 2.24) is 14.8 Å². The van der Waals surface area contributed by atoms with Gasteiger partial charge in [-0.1, -0.05) is 18.2 Å². The molecule has 2 aromatic carbocycles. The molecule has 4 rings (SSSR count). The van der Waals surface area contributed by atoms with E-state index in [-0.39, 0.29) is 12.4 Å². The lowest BCUT2D eigenvalue weighted by atomic mass is 9.95. The number of hydrogen-bond donors (Lipinski definition) is 1. The summed E-state index contributed by atoms with van der Waals surface area (Å²) in [4.78, 5) is 16.8. The van der Waals surface area contributed by atoms with Crippen LogP contribution < -0.4 is 14.8 Å². The second-order valence-corrected chi connectivity index (χ2v) is 7.85. The van der Waals surface area contributed by atoms with E-state index in [9.17, 15) is 9.18 Å². The van der Waals surface area contributed by atoms with E-state index in [0.717, 1.165) is 0 Å². The number of allylic oxidation sites excluding steroid dienone is 1. The van der Waals surface area contributed by atoms with Gasteiger partial charge in [0.15, 0.2) is 11.5 Å². The van der Waals surface area contributed by atoms with Gasteiger partial charge in [0, 0.05) is 11.3 Å². The van der Waals surface area contributed by atoms with Crippen LogP contribution in [0, 0.1) is 5.82 Å². The third-order valence-corrected chi connectivity index (χ3v) is 5.69. The average Bonchev–Trinajstić information content (AvgIpc) is 3.25. The second-order valence-electron chi connectivity index (χ2n) is 7.00. The molecule has 0 saturated carbocycles. The first-order valence-corrected chi connectivity index (χ1v) is 10.4. The number of methoxy groups -OCH3 is 2. The van der Waals surface area contributed by atoms with Crippen molar-refractivity contribution in [2.24, 2.45) is 0 Å². The molecule has 10 heteroatoms. The van der Waals surface area contributed by atoms with E-state index in [1.54, 1.807) is 41.9 Å². The largest absolute Gasteiger partial charge is 0.493 e. The molecule has 2 heterocycles. The standard InChI is InChI=1S/C22H20BrFN4O4/c1-12-18(21(29)31-3)19(28-22(27-12)25-11-26-28)14-8-15(23)20(17(9-14)30-2)32-10-13-6-4-5-7-16(13)24/h4-9,11,19H,10H2,1-3H3,(H,25,26,27). The van der Waals surface area contributed by atoms with Crippen molar-refractivity contribution >= 4 is 27.8 Å². The van der Waals surface area contributed by atoms with E-state index in [0.29, 0.717) is 44.3 Å². The summed E-state index contributed by atoms with van der Waals surface area (Å²) < 4.78 is 32.6. The smallest absolute Gasteiger partial charge is 0.338 e. The molecule has 1 unspecified atom stereocenters. The number of halogens is 2. The number of nitrogens with zero attached hydrogens (tertiary/aromatic N) is 3. The molecule has 3 aromatic rings. The lowest BCUT2D eigenvalue weighted by Gasteiger charge is -2.28. The molecular weight excluding hydrogens is 483 g/mol. The zero-order chi connectivity index (χ0) is 22.8. The van der Waals surface area contributed by atoms with Crippen LogP contribution in [0.1, 0.15) is 24.1 Å². The highest BCUT2D eigenvalue weighted by Crippen LogP contribution is 2.43. The average molecular weight is 503 g/mol. The van der Waals surface area contributed by atoms with E-state index in [1.165, 1.54) is 26.6 Å². The summed E-state index contributed by atoms with van der Waals surface area (Å²) in [6.07, 6.45) is 1.40. The molecule has 0 spiro atoms. The third kappa shape index (κ3) is 3.93. The Hall–Kier alpha value is -3.40. The van der Waals surface area contributed by atoms with E-state index in [4.69, 9.17) is 14.2 Å². The fraction of sp³-hybridized carbons (Fsp3) is 0.227. The Balaban J connectivity index is 1.75. The number of nitrogens with one attached hydrogen (secondary N) is 1. The Bertz CT molecular complexity index is 1210. The number of carbonyl (C=O) groups is 1. The fourth-order valence-corrected chi connectivity index (χ4v) is 4.15. The summed E-state index contributed by atoms with van der Waals surface area (Å²) in [5.41, 5.74) is 2.11. The number of esters is 1. The number of aromatic nitrogens is 3. The molecule has 8 nitrogen and oxygen atoms in total. The summed E-state index contributed by atoms with van der Waals surface area (Å²) in [6.45, 7) is 1.80. The van der Waals surface area contributed by atoms with Crippen molar-refractivity contribution in [3.05, 3.63) is 75.4 Å². The number of hydrogen-bond acceptors (Lipinski definition) is 7. The summed E-state index contributed by atoms with van der Waals surface area (Å²) in [7, 11) is 2.83. The van der Waals surface area contributed by atoms with E-state index >= 15 is 0 Å². The summed E-state index contributed by atoms with van der Waals surface area (Å²) >= 11 is 3.53. The summed E-state index contributed by atoms with van der Waals surface area (Å²) in [5.74, 6) is 0.475. The first kappa shape index (κ1) is 21.8. The van der Waals surface area contributed by atoms with Crippen LogP contribution in [0.25, 0.3) is 0 Å². The zero-order valence-corrected chi connectivity index (χ0v) is 19.1. The molecule has 1 aliphatic rings. The predicted octanol–water partition coefficient (Wildman–Crippen LogP) is 4.23. The highest BCUT2D eigenvalue weighted by molar-refractivity contribution is 9.10. The lowest BCUT2D eigenvalue weighted by molar-refractivity contribution is -0.136. The molecule has 0 aliphatic carbocycles. The maximum absolute atomic E-state index is 14.0. The Labute approximate surface area is 192 Å². The van der Waals surface area contributed by atoms with Gasteiger partial charge in [0.2, 0.25) is 5.95 Å². The normalized spacial score (nSPS) is 15.1. The number of anilines is 1. The molecule has 1 aliphatic heterocycles. The van der Waals surface area contributed by atoms with Gasteiger partial charge in [-0.2, -0.15) is 10.1 Å². The predicted molar refractivity (Wildman–Crippen MR) is 118 cm³/mol. The van der Waals surface area contributed by atoms with E-state index in [2.05, 4.69) is 31.3 Å². The van der Waals surface area contributed by atoms with Crippen LogP contribution in [0.4, 0.5) is 10.3 Å². The van der Waals surface area contributed by atoms with Crippen molar-refractivity contribution in [1.29, 1.82) is 0 Å². The van der Waals surface area contributed by atoms with Crippen molar-refractivity contribution in [3.8, 4) is 11.5 Å². The summed E-state index contributed by atoms with van der Waals surface area (Å²) in [6, 6.07) is 9.34. The first-order chi connectivity index (χ1) is 15.4. The molecule has 32 heavy (non-hydrogen) atoms. The maximum atomic E-state index is 14.0. The minimum Gasteiger partial charge on any atom is -0.493 e. The lowest BCUT2D eigenvalue weighted by Crippen LogP contribution is -2.29. The Morgan fingerprint density at radius 1 is 1.28 bits per heavy atom. The molecule has 0 fully saturated rings. The van der Waals surface area contributed by atoms with E-state index < -0.39 is 12.0 Å². The van der Waals surface area contributed by atoms with Crippen LogP contribution in [-0.4, -0.2) is 35.0 Å². The molecular formula is C22H20BrFN4O4. The Morgan fingerprint density at radius 2 is 2.06 bits per heavy atom. The quantitative estimate of drug-likeness (QED) is 0.504. The summed E-state index contributed by atoms with van der Waals surface area (Å²) in [5, 5.41) is 7.35. The van der Waals surface area contributed by atoms with Gasteiger partial charge in [0.05, 0.1) is 24.3 Å². The van der Waals surface area contributed by atoms with Crippen LogP contribution in [0.15, 0.2) is 58.5 Å². The SMILES string of the molecule is COC(=O)C1=C(C)Nc2ncnn2C1c1cc(Br)c(OCc2ccccc2F)c(OC)c1. The number of rotatable bonds is 6. The van der Waals surface area contributed by atoms with Crippen LogP contribution in [0.3, 0.4) is 0 Å². The fourth-order valence-electron chi connectivity index (χ4n) is 3.58. The van der Waals surface area contributed by atoms with Gasteiger partial charge in [-0.3, -0.25) is 0 Å². The van der Waals surface area contributed by atoms with Gasteiger partial charge >= 0.3 is 5.97 Å². The van der Waals surface area contributed by atoms with Gasteiger partial charge in [0.25, 0.3) is 0 Å². The van der Waals surface area contributed by atoms with E-state index in [1.807, 2.05) is 0 Å². The molecule has 166 valence electrons. The molecule has 1 atom stereocenters. The van der Waals surface area contributed by atoms with Gasteiger partial charge in [-0.25, -0.2) is 13.9 Å². The molecule has 0 bridgehead atoms. The van der Waals surface area contributed by atoms with Crippen LogP contribution >= 0.6 is 15.9 Å². The molecule has 0 amide bonds. The number of carbonyl (C=O) groups excluding carboxylic acids is 1. The van der Waals surface area contributed by atoms with Crippen LogP contribution in [0.2, 0.25) is 0 Å². The van der Waals surface area contributed by atoms with Gasteiger partial charge in [-0.05, 0) is 46.6 Å². The molecule has 0 radical (unpaired) electrons. The topological polar surface area (TPSA) is 87.5 Å². The Morgan fingerprint density at radius 3 is 2.78 bits per heavy atom. The molecule has 0 saturated heterocycles. The highest BCUT2D eigenvalue weighted by atomic mass is 79.9. The third-order valence-electron chi connectivity index (χ3n) is 5.10. The molecule has 1 N–H and O–H groups in total. The minimum atomic E-state index is -0.605. The van der Waals surface area contributed by atoms with Gasteiger partial charge in [-0.15, -0.1) is 0 Å². The number of fused-ring (bicyclic) bond motifs is 1. The number of benzene rings is 2. The van der Waals surface area contributed by atoms with Crippen molar-refractivity contribution < 1.29 is 23.4 Å².